The summed E-state index contributed by atoms with van der Waals surface area (Å²) in [5.41, 5.74) is 4.40. The van der Waals surface area contributed by atoms with Crippen LogP contribution in [0.4, 0.5) is 5.69 Å². The van der Waals surface area contributed by atoms with Crippen LogP contribution in [0.15, 0.2) is 65.0 Å². The van der Waals surface area contributed by atoms with E-state index in [1.165, 1.54) is 5.56 Å². The summed E-state index contributed by atoms with van der Waals surface area (Å²) in [6.45, 7) is 2.84. The molecular formula is C21H23N3O2S. The van der Waals surface area contributed by atoms with Gasteiger partial charge in [0.1, 0.15) is 6.61 Å². The molecule has 0 spiro atoms. The van der Waals surface area contributed by atoms with Gasteiger partial charge in [0.05, 0.1) is 11.4 Å². The molecule has 5 nitrogen and oxygen atoms in total. The topological polar surface area (TPSA) is 66.6 Å². The Hall–Kier alpha value is -2.70. The molecule has 3 aromatic rings. The third kappa shape index (κ3) is 5.15. The summed E-state index contributed by atoms with van der Waals surface area (Å²) in [4.78, 5) is 16.9. The molecule has 27 heavy (non-hydrogen) atoms. The minimum Gasteiger partial charge on any atom is -0.387 e. The number of amides is 1. The smallest absolute Gasteiger partial charge is 0.245 e. The third-order valence-corrected chi connectivity index (χ3v) is 5.01. The Morgan fingerprint density at radius 2 is 1.89 bits per heavy atom. The van der Waals surface area contributed by atoms with Crippen molar-refractivity contribution in [2.24, 2.45) is 4.99 Å². The van der Waals surface area contributed by atoms with Gasteiger partial charge in [0, 0.05) is 18.5 Å². The summed E-state index contributed by atoms with van der Waals surface area (Å²) < 4.78 is 2.19. The molecule has 2 aromatic carbocycles. The average molecular weight is 382 g/mol. The van der Waals surface area contributed by atoms with Crippen molar-refractivity contribution in [3.8, 4) is 11.3 Å². The maximum Gasteiger partial charge on any atom is 0.245 e. The minimum absolute atomic E-state index is 0.349. The molecule has 0 saturated carbocycles. The number of aryl methyl sites for hydroxylation is 1. The predicted molar refractivity (Wildman–Crippen MR) is 109 cm³/mol. The van der Waals surface area contributed by atoms with E-state index in [-0.39, 0.29) is 5.91 Å². The summed E-state index contributed by atoms with van der Waals surface area (Å²) in [5, 5.41) is 13.6. The van der Waals surface area contributed by atoms with Crippen LogP contribution in [0.2, 0.25) is 0 Å². The summed E-state index contributed by atoms with van der Waals surface area (Å²) in [7, 11) is 0. The summed E-state index contributed by atoms with van der Waals surface area (Å²) in [6.07, 6.45) is 0.753. The Morgan fingerprint density at radius 3 is 2.59 bits per heavy atom. The van der Waals surface area contributed by atoms with Gasteiger partial charge >= 0.3 is 0 Å². The fraction of sp³-hybridized carbons (Fsp3) is 0.238. The molecule has 0 radical (unpaired) electrons. The fourth-order valence-corrected chi connectivity index (χ4v) is 3.68. The van der Waals surface area contributed by atoms with E-state index >= 15 is 0 Å². The lowest BCUT2D eigenvalue weighted by Gasteiger charge is -2.10. The van der Waals surface area contributed by atoms with E-state index in [4.69, 9.17) is 10.1 Å². The second-order valence-corrected chi connectivity index (χ2v) is 7.07. The fourth-order valence-electron chi connectivity index (χ4n) is 2.72. The molecule has 0 aliphatic rings. The van der Waals surface area contributed by atoms with Crippen molar-refractivity contribution in [2.45, 2.75) is 19.9 Å². The monoisotopic (exact) mass is 381 g/mol. The van der Waals surface area contributed by atoms with Gasteiger partial charge in [0.25, 0.3) is 0 Å². The first-order valence-electron chi connectivity index (χ1n) is 8.90. The molecule has 0 unspecified atom stereocenters. The molecule has 6 heteroatoms. The van der Waals surface area contributed by atoms with Crippen molar-refractivity contribution >= 4 is 22.9 Å². The van der Waals surface area contributed by atoms with Gasteiger partial charge in [-0.15, -0.1) is 11.3 Å². The van der Waals surface area contributed by atoms with Crippen LogP contribution in [0, 0.1) is 6.92 Å². The number of aliphatic hydroxyl groups excluding tert-OH is 1. The van der Waals surface area contributed by atoms with Crippen molar-refractivity contribution in [1.82, 2.24) is 9.88 Å². The first-order chi connectivity index (χ1) is 13.2. The van der Waals surface area contributed by atoms with Crippen LogP contribution in [0.1, 0.15) is 12.0 Å². The number of benzene rings is 2. The molecule has 0 aliphatic heterocycles. The molecule has 1 aromatic heterocycles. The lowest BCUT2D eigenvalue weighted by Crippen LogP contribution is -2.28. The quantitative estimate of drug-likeness (QED) is 0.617. The number of nitrogens with zero attached hydrogens (tertiary/aromatic N) is 2. The predicted octanol–water partition coefficient (Wildman–Crippen LogP) is 3.26. The minimum atomic E-state index is -0.477. The Labute approximate surface area is 162 Å². The van der Waals surface area contributed by atoms with E-state index in [0.29, 0.717) is 6.54 Å². The highest BCUT2D eigenvalue weighted by Gasteiger charge is 2.08. The Kier molecular flexibility index (Phi) is 6.57. The number of para-hydroxylation sites is 1. The van der Waals surface area contributed by atoms with Gasteiger partial charge < -0.3 is 15.0 Å². The van der Waals surface area contributed by atoms with Crippen LogP contribution in [0.25, 0.3) is 11.3 Å². The van der Waals surface area contributed by atoms with E-state index in [1.807, 2.05) is 30.3 Å². The lowest BCUT2D eigenvalue weighted by molar-refractivity contribution is -0.123. The van der Waals surface area contributed by atoms with Crippen molar-refractivity contribution in [3.63, 3.8) is 0 Å². The summed E-state index contributed by atoms with van der Waals surface area (Å²) in [5.74, 6) is -0.349. The number of nitrogens with one attached hydrogen (secondary N) is 1. The second kappa shape index (κ2) is 9.30. The maximum atomic E-state index is 11.2. The first kappa shape index (κ1) is 19.1. The third-order valence-electron chi connectivity index (χ3n) is 4.15. The van der Waals surface area contributed by atoms with Crippen molar-refractivity contribution < 1.29 is 9.90 Å². The van der Waals surface area contributed by atoms with Crippen LogP contribution < -0.4 is 10.1 Å². The average Bonchev–Trinajstić information content (AvgIpc) is 3.08. The number of carbonyl (C=O) groups excluding carboxylic acids is 1. The van der Waals surface area contributed by atoms with Gasteiger partial charge in [-0.1, -0.05) is 48.0 Å². The molecule has 0 bridgehead atoms. The highest BCUT2D eigenvalue weighted by molar-refractivity contribution is 7.07. The van der Waals surface area contributed by atoms with Crippen LogP contribution in [0.3, 0.4) is 0 Å². The molecule has 3 rings (SSSR count). The molecule has 2 N–H and O–H groups in total. The zero-order valence-electron chi connectivity index (χ0n) is 15.3. The molecule has 1 amide bonds. The highest BCUT2D eigenvalue weighted by Crippen LogP contribution is 2.21. The molecule has 140 valence electrons. The van der Waals surface area contributed by atoms with Crippen molar-refractivity contribution in [2.75, 3.05) is 13.2 Å². The summed E-state index contributed by atoms with van der Waals surface area (Å²) >= 11 is 1.61. The number of aromatic nitrogens is 1. The van der Waals surface area contributed by atoms with Gasteiger partial charge in [-0.05, 0) is 31.0 Å². The number of carbonyl (C=O) groups is 1. The largest absolute Gasteiger partial charge is 0.387 e. The van der Waals surface area contributed by atoms with Crippen LogP contribution in [-0.4, -0.2) is 28.7 Å². The number of hydrogen-bond acceptors (Lipinski definition) is 4. The Morgan fingerprint density at radius 1 is 1.15 bits per heavy atom. The second-order valence-electron chi connectivity index (χ2n) is 6.23. The standard InChI is InChI=1S/C21H23N3O2S/c1-16-8-10-17(11-9-16)19-15-27-21(23-18-6-3-2-4-7-18)24(19)13-5-12-22-20(26)14-25/h2-4,6-11,15,25H,5,12-14H2,1H3,(H,22,26). The normalized spacial score (nSPS) is 11.6. The SMILES string of the molecule is Cc1ccc(-c2csc(=Nc3ccccc3)n2CCCNC(=O)CO)cc1. The van der Waals surface area contributed by atoms with Crippen LogP contribution in [0.5, 0.6) is 0 Å². The van der Waals surface area contributed by atoms with E-state index in [9.17, 15) is 4.79 Å². The van der Waals surface area contributed by atoms with Crippen molar-refractivity contribution in [1.29, 1.82) is 0 Å². The molecular weight excluding hydrogens is 358 g/mol. The molecule has 0 atom stereocenters. The van der Waals surface area contributed by atoms with Gasteiger partial charge in [0.15, 0.2) is 4.80 Å². The van der Waals surface area contributed by atoms with Gasteiger partial charge in [-0.3, -0.25) is 4.79 Å². The van der Waals surface area contributed by atoms with E-state index in [1.54, 1.807) is 11.3 Å². The Balaban J connectivity index is 1.90. The van der Waals surface area contributed by atoms with E-state index in [0.717, 1.165) is 34.7 Å². The lowest BCUT2D eigenvalue weighted by atomic mass is 10.1. The maximum absolute atomic E-state index is 11.2. The molecule has 0 aliphatic carbocycles. The van der Waals surface area contributed by atoms with E-state index < -0.39 is 6.61 Å². The van der Waals surface area contributed by atoms with E-state index in [2.05, 4.69) is 46.5 Å². The first-order valence-corrected chi connectivity index (χ1v) is 9.78. The molecule has 0 saturated heterocycles. The zero-order chi connectivity index (χ0) is 19.1. The van der Waals surface area contributed by atoms with Gasteiger partial charge in [0.2, 0.25) is 5.91 Å². The van der Waals surface area contributed by atoms with Gasteiger partial charge in [-0.25, -0.2) is 4.99 Å². The number of thiazole rings is 1. The summed E-state index contributed by atoms with van der Waals surface area (Å²) in [6, 6.07) is 18.3. The molecule has 1 heterocycles. The number of hydrogen-bond donors (Lipinski definition) is 2. The van der Waals surface area contributed by atoms with Crippen LogP contribution >= 0.6 is 11.3 Å². The zero-order valence-corrected chi connectivity index (χ0v) is 16.1. The highest BCUT2D eigenvalue weighted by atomic mass is 32.1. The Bertz CT molecular complexity index is 944. The number of aliphatic hydroxyl groups is 1. The molecule has 0 fully saturated rings. The van der Waals surface area contributed by atoms with Gasteiger partial charge in [-0.2, -0.15) is 0 Å². The van der Waals surface area contributed by atoms with Crippen LogP contribution in [-0.2, 0) is 11.3 Å². The number of rotatable bonds is 7. The van der Waals surface area contributed by atoms with Crippen molar-refractivity contribution in [3.05, 3.63) is 70.3 Å².